The molecule has 1 heterocycles. The van der Waals surface area contributed by atoms with E-state index < -0.39 is 0 Å². The third-order valence-electron chi connectivity index (χ3n) is 5.17. The molecular formula is C19H27ClN2O2. The van der Waals surface area contributed by atoms with E-state index in [9.17, 15) is 4.79 Å². The highest BCUT2D eigenvalue weighted by atomic mass is 35.5. The number of nitrogens with zero attached hydrogens (tertiary/aromatic N) is 1. The van der Waals surface area contributed by atoms with Gasteiger partial charge in [0.1, 0.15) is 0 Å². The van der Waals surface area contributed by atoms with Crippen molar-refractivity contribution in [3.05, 3.63) is 34.9 Å². The van der Waals surface area contributed by atoms with Crippen LogP contribution < -0.4 is 5.32 Å². The van der Waals surface area contributed by atoms with E-state index in [1.165, 1.54) is 5.56 Å². The van der Waals surface area contributed by atoms with Gasteiger partial charge in [0.2, 0.25) is 5.91 Å². The van der Waals surface area contributed by atoms with Crippen LogP contribution in [0.15, 0.2) is 24.3 Å². The predicted molar refractivity (Wildman–Crippen MR) is 96.4 cm³/mol. The fourth-order valence-corrected chi connectivity index (χ4v) is 3.51. The molecule has 1 aromatic rings. The lowest BCUT2D eigenvalue weighted by Crippen LogP contribution is -2.43. The molecule has 4 nitrogen and oxygen atoms in total. The zero-order valence-electron chi connectivity index (χ0n) is 14.4. The first kappa shape index (κ1) is 17.7. The Kier molecular flexibility index (Phi) is 5.80. The van der Waals surface area contributed by atoms with Crippen molar-refractivity contribution in [2.24, 2.45) is 0 Å². The lowest BCUT2D eigenvalue weighted by atomic mass is 10.0. The number of carbonyl (C=O) groups excluding carboxylic acids is 1. The number of morpholine rings is 1. The molecule has 0 bridgehead atoms. The van der Waals surface area contributed by atoms with Crippen molar-refractivity contribution in [3.8, 4) is 0 Å². The monoisotopic (exact) mass is 350 g/mol. The summed E-state index contributed by atoms with van der Waals surface area (Å²) in [5.74, 6) is 0.182. The van der Waals surface area contributed by atoms with E-state index in [1.807, 2.05) is 12.1 Å². The number of hydrogen-bond donors (Lipinski definition) is 1. The SMILES string of the molecule is C[C@H](CCC(=O)NC1(Cc2ccc(Cl)cc2)CC1)N1CCOCC1. The van der Waals surface area contributed by atoms with Gasteiger partial charge >= 0.3 is 0 Å². The zero-order chi connectivity index (χ0) is 17.0. The Bertz CT molecular complexity index is 551. The Labute approximate surface area is 149 Å². The van der Waals surface area contributed by atoms with Crippen molar-refractivity contribution in [1.82, 2.24) is 10.2 Å². The van der Waals surface area contributed by atoms with Gasteiger partial charge in [-0.3, -0.25) is 9.69 Å². The normalized spacial score (nSPS) is 21.2. The Hall–Kier alpha value is -1.10. The van der Waals surface area contributed by atoms with Crippen LogP contribution in [0, 0.1) is 0 Å². The van der Waals surface area contributed by atoms with Gasteiger partial charge in [-0.05, 0) is 50.3 Å². The number of hydrogen-bond acceptors (Lipinski definition) is 3. The highest BCUT2D eigenvalue weighted by Crippen LogP contribution is 2.39. The second kappa shape index (κ2) is 7.85. The number of amides is 1. The van der Waals surface area contributed by atoms with Crippen molar-refractivity contribution in [2.45, 2.75) is 50.6 Å². The molecule has 1 saturated heterocycles. The lowest BCUT2D eigenvalue weighted by molar-refractivity contribution is -0.122. The van der Waals surface area contributed by atoms with Crippen LogP contribution in [0.25, 0.3) is 0 Å². The van der Waals surface area contributed by atoms with Gasteiger partial charge in [0.05, 0.1) is 13.2 Å². The molecule has 0 spiro atoms. The molecule has 132 valence electrons. The lowest BCUT2D eigenvalue weighted by Gasteiger charge is -2.32. The highest BCUT2D eigenvalue weighted by Gasteiger charge is 2.43. The second-order valence-corrected chi connectivity index (χ2v) is 7.60. The van der Waals surface area contributed by atoms with E-state index in [4.69, 9.17) is 16.3 Å². The molecule has 0 aromatic heterocycles. The van der Waals surface area contributed by atoms with Gasteiger partial charge in [0.15, 0.2) is 0 Å². The van der Waals surface area contributed by atoms with Gasteiger partial charge in [0.25, 0.3) is 0 Å². The Balaban J connectivity index is 1.43. The van der Waals surface area contributed by atoms with Crippen LogP contribution in [0.4, 0.5) is 0 Å². The molecule has 5 heteroatoms. The maximum Gasteiger partial charge on any atom is 0.220 e. The maximum atomic E-state index is 12.4. The summed E-state index contributed by atoms with van der Waals surface area (Å²) in [7, 11) is 0. The molecule has 1 atom stereocenters. The first-order valence-corrected chi connectivity index (χ1v) is 9.31. The van der Waals surface area contributed by atoms with Crippen LogP contribution in [0.5, 0.6) is 0 Å². The third kappa shape index (κ3) is 4.95. The van der Waals surface area contributed by atoms with Gasteiger partial charge in [-0.25, -0.2) is 0 Å². The maximum absolute atomic E-state index is 12.4. The van der Waals surface area contributed by atoms with Gasteiger partial charge in [0, 0.05) is 36.1 Å². The third-order valence-corrected chi connectivity index (χ3v) is 5.42. The summed E-state index contributed by atoms with van der Waals surface area (Å²) in [4.78, 5) is 14.8. The summed E-state index contributed by atoms with van der Waals surface area (Å²) < 4.78 is 5.38. The summed E-state index contributed by atoms with van der Waals surface area (Å²) in [5.41, 5.74) is 1.21. The van der Waals surface area contributed by atoms with Crippen LogP contribution in [-0.4, -0.2) is 48.7 Å². The zero-order valence-corrected chi connectivity index (χ0v) is 15.1. The van der Waals surface area contributed by atoms with E-state index >= 15 is 0 Å². The van der Waals surface area contributed by atoms with E-state index in [1.54, 1.807) is 0 Å². The topological polar surface area (TPSA) is 41.6 Å². The van der Waals surface area contributed by atoms with Gasteiger partial charge in [-0.1, -0.05) is 23.7 Å². The summed E-state index contributed by atoms with van der Waals surface area (Å²) in [6, 6.07) is 8.37. The first-order chi connectivity index (χ1) is 11.6. The van der Waals surface area contributed by atoms with Crippen LogP contribution in [-0.2, 0) is 16.0 Å². The predicted octanol–water partition coefficient (Wildman–Crippen LogP) is 3.03. The molecule has 1 aliphatic carbocycles. The van der Waals surface area contributed by atoms with E-state index in [-0.39, 0.29) is 11.4 Å². The Morgan fingerprint density at radius 2 is 1.96 bits per heavy atom. The largest absolute Gasteiger partial charge is 0.379 e. The first-order valence-electron chi connectivity index (χ1n) is 8.94. The standard InChI is InChI=1S/C19H27ClN2O2/c1-15(22-10-12-24-13-11-22)2-7-18(23)21-19(8-9-19)14-16-3-5-17(20)6-4-16/h3-6,15H,2,7-14H2,1H3,(H,21,23)/t15-/m1/s1. The summed E-state index contributed by atoms with van der Waals surface area (Å²) in [6.45, 7) is 5.77. The van der Waals surface area contributed by atoms with Crippen LogP contribution >= 0.6 is 11.6 Å². The minimum absolute atomic E-state index is 0.0207. The van der Waals surface area contributed by atoms with Crippen molar-refractivity contribution in [2.75, 3.05) is 26.3 Å². The quantitative estimate of drug-likeness (QED) is 0.821. The van der Waals surface area contributed by atoms with Crippen LogP contribution in [0.3, 0.4) is 0 Å². The molecule has 2 fully saturated rings. The fourth-order valence-electron chi connectivity index (χ4n) is 3.39. The van der Waals surface area contributed by atoms with Crippen molar-refractivity contribution >= 4 is 17.5 Å². The second-order valence-electron chi connectivity index (χ2n) is 7.17. The molecule has 1 saturated carbocycles. The molecule has 1 amide bonds. The van der Waals surface area contributed by atoms with Gasteiger partial charge in [-0.15, -0.1) is 0 Å². The average Bonchev–Trinajstić information content (AvgIpc) is 3.34. The van der Waals surface area contributed by atoms with E-state index in [0.717, 1.165) is 57.0 Å². The molecule has 0 unspecified atom stereocenters. The molecule has 24 heavy (non-hydrogen) atoms. The minimum atomic E-state index is -0.0207. The summed E-state index contributed by atoms with van der Waals surface area (Å²) >= 11 is 5.94. The number of ether oxygens (including phenoxy) is 1. The highest BCUT2D eigenvalue weighted by molar-refractivity contribution is 6.30. The molecule has 1 aromatic carbocycles. The minimum Gasteiger partial charge on any atom is -0.379 e. The Morgan fingerprint density at radius 3 is 2.58 bits per heavy atom. The van der Waals surface area contributed by atoms with E-state index in [0.29, 0.717) is 12.5 Å². The number of carbonyl (C=O) groups is 1. The number of benzene rings is 1. The molecule has 0 radical (unpaired) electrons. The molecule has 3 rings (SSSR count). The van der Waals surface area contributed by atoms with Crippen LogP contribution in [0.2, 0.25) is 5.02 Å². The molecule has 1 aliphatic heterocycles. The average molecular weight is 351 g/mol. The van der Waals surface area contributed by atoms with Crippen molar-refractivity contribution in [3.63, 3.8) is 0 Å². The number of nitrogens with one attached hydrogen (secondary N) is 1. The fraction of sp³-hybridized carbons (Fsp3) is 0.632. The van der Waals surface area contributed by atoms with E-state index in [2.05, 4.69) is 29.3 Å². The molecule has 2 aliphatic rings. The summed E-state index contributed by atoms with van der Waals surface area (Å²) in [5, 5.41) is 4.03. The van der Waals surface area contributed by atoms with Gasteiger partial charge in [-0.2, -0.15) is 0 Å². The van der Waals surface area contributed by atoms with Gasteiger partial charge < -0.3 is 10.1 Å². The molecular weight excluding hydrogens is 324 g/mol. The van der Waals surface area contributed by atoms with Crippen LogP contribution in [0.1, 0.15) is 38.2 Å². The van der Waals surface area contributed by atoms with Crippen molar-refractivity contribution in [1.29, 1.82) is 0 Å². The molecule has 1 N–H and O–H groups in total. The van der Waals surface area contributed by atoms with Crippen molar-refractivity contribution < 1.29 is 9.53 Å². The Morgan fingerprint density at radius 1 is 1.29 bits per heavy atom. The number of halogens is 1. The summed E-state index contributed by atoms with van der Waals surface area (Å²) in [6.07, 6.45) is 4.54. The smallest absolute Gasteiger partial charge is 0.220 e. The number of rotatable bonds is 7.